The molecule has 2 fully saturated rings. The summed E-state index contributed by atoms with van der Waals surface area (Å²) in [5, 5.41) is 5.50. The first kappa shape index (κ1) is 18.9. The third kappa shape index (κ3) is 4.85. The van der Waals surface area contributed by atoms with Crippen LogP contribution in [0.25, 0.3) is 0 Å². The quantitative estimate of drug-likeness (QED) is 0.815. The molecule has 2 aliphatic rings. The van der Waals surface area contributed by atoms with Gasteiger partial charge in [0.15, 0.2) is 0 Å². The van der Waals surface area contributed by atoms with Gasteiger partial charge in [-0.15, -0.1) is 0 Å². The molecule has 1 heterocycles. The van der Waals surface area contributed by atoms with Gasteiger partial charge in [0.1, 0.15) is 0 Å². The zero-order valence-electron chi connectivity index (χ0n) is 16.0. The van der Waals surface area contributed by atoms with Crippen LogP contribution < -0.4 is 10.6 Å². The highest BCUT2D eigenvalue weighted by molar-refractivity contribution is 6.39. The number of amides is 2. The van der Waals surface area contributed by atoms with E-state index in [1.807, 2.05) is 32.0 Å². The predicted molar refractivity (Wildman–Crippen MR) is 104 cm³/mol. The van der Waals surface area contributed by atoms with Crippen molar-refractivity contribution in [2.45, 2.75) is 58.4 Å². The van der Waals surface area contributed by atoms with E-state index in [4.69, 9.17) is 0 Å². The normalized spacial score (nSPS) is 19.5. The van der Waals surface area contributed by atoms with Crippen molar-refractivity contribution < 1.29 is 9.59 Å². The number of likely N-dealkylation sites (tertiary alicyclic amines) is 1. The van der Waals surface area contributed by atoms with Crippen LogP contribution >= 0.6 is 0 Å². The molecule has 3 rings (SSSR count). The van der Waals surface area contributed by atoms with Crippen LogP contribution in [0.3, 0.4) is 0 Å². The van der Waals surface area contributed by atoms with Crippen LogP contribution in [0.2, 0.25) is 0 Å². The standard InChI is InChI=1S/C21H31N3O2/c1-15-7-8-18(13-16(15)2)23-21(26)20(25)22-14-17-9-11-24(12-10-17)19-5-3-4-6-19/h7-8,13,17,19H,3-6,9-12,14H2,1-2H3,(H,22,25)(H,23,26). The third-order valence-electron chi connectivity index (χ3n) is 6.01. The Morgan fingerprint density at radius 2 is 1.69 bits per heavy atom. The SMILES string of the molecule is Cc1ccc(NC(=O)C(=O)NCC2CCN(C3CCCC3)CC2)cc1C. The first-order chi connectivity index (χ1) is 12.5. The maximum atomic E-state index is 12.1. The second-order valence-electron chi connectivity index (χ2n) is 7.88. The van der Waals surface area contributed by atoms with Crippen LogP contribution in [-0.2, 0) is 9.59 Å². The van der Waals surface area contributed by atoms with Crippen LogP contribution in [0, 0.1) is 19.8 Å². The smallest absolute Gasteiger partial charge is 0.313 e. The maximum absolute atomic E-state index is 12.1. The number of nitrogens with zero attached hydrogens (tertiary/aromatic N) is 1. The molecule has 1 aromatic carbocycles. The zero-order valence-corrected chi connectivity index (χ0v) is 16.0. The van der Waals surface area contributed by atoms with E-state index in [0.29, 0.717) is 18.2 Å². The number of piperidine rings is 1. The van der Waals surface area contributed by atoms with Crippen molar-refractivity contribution in [1.82, 2.24) is 10.2 Å². The molecule has 0 atom stereocenters. The highest BCUT2D eigenvalue weighted by Crippen LogP contribution is 2.27. The minimum absolute atomic E-state index is 0.478. The van der Waals surface area contributed by atoms with E-state index in [0.717, 1.165) is 43.1 Å². The Bertz CT molecular complexity index is 645. The van der Waals surface area contributed by atoms with Gasteiger partial charge in [-0.05, 0) is 81.8 Å². The Labute approximate surface area is 156 Å². The molecule has 0 unspecified atom stereocenters. The Morgan fingerprint density at radius 3 is 2.35 bits per heavy atom. The molecule has 2 amide bonds. The van der Waals surface area contributed by atoms with Crippen molar-refractivity contribution in [2.24, 2.45) is 5.92 Å². The van der Waals surface area contributed by atoms with Crippen molar-refractivity contribution in [3.63, 3.8) is 0 Å². The lowest BCUT2D eigenvalue weighted by atomic mass is 9.95. The lowest BCUT2D eigenvalue weighted by molar-refractivity contribution is -0.136. The van der Waals surface area contributed by atoms with E-state index in [9.17, 15) is 9.59 Å². The molecule has 1 aliphatic carbocycles. The summed E-state index contributed by atoms with van der Waals surface area (Å²) in [5.74, 6) is -0.649. The van der Waals surface area contributed by atoms with Crippen LogP contribution in [-0.4, -0.2) is 42.4 Å². The molecule has 5 nitrogen and oxygen atoms in total. The summed E-state index contributed by atoms with van der Waals surface area (Å²) in [6.45, 7) is 6.85. The Balaban J connectivity index is 1.39. The van der Waals surface area contributed by atoms with Crippen molar-refractivity contribution in [3.05, 3.63) is 29.3 Å². The van der Waals surface area contributed by atoms with Crippen LogP contribution in [0.5, 0.6) is 0 Å². The molecule has 5 heteroatoms. The monoisotopic (exact) mass is 357 g/mol. The average Bonchev–Trinajstić information content (AvgIpc) is 3.18. The summed E-state index contributed by atoms with van der Waals surface area (Å²) >= 11 is 0. The predicted octanol–water partition coefficient (Wildman–Crippen LogP) is 3.01. The summed E-state index contributed by atoms with van der Waals surface area (Å²) in [4.78, 5) is 26.8. The Morgan fingerprint density at radius 1 is 1.00 bits per heavy atom. The van der Waals surface area contributed by atoms with Gasteiger partial charge in [0.05, 0.1) is 0 Å². The van der Waals surface area contributed by atoms with E-state index in [1.54, 1.807) is 0 Å². The lowest BCUT2D eigenvalue weighted by Crippen LogP contribution is -2.44. The first-order valence-corrected chi connectivity index (χ1v) is 9.93. The van der Waals surface area contributed by atoms with E-state index in [-0.39, 0.29) is 0 Å². The number of rotatable bonds is 4. The van der Waals surface area contributed by atoms with E-state index in [1.165, 1.54) is 25.7 Å². The summed E-state index contributed by atoms with van der Waals surface area (Å²) in [7, 11) is 0. The number of carbonyl (C=O) groups is 2. The summed E-state index contributed by atoms with van der Waals surface area (Å²) in [6.07, 6.45) is 7.65. The molecule has 0 bridgehead atoms. The van der Waals surface area contributed by atoms with E-state index >= 15 is 0 Å². The number of hydrogen-bond donors (Lipinski definition) is 2. The van der Waals surface area contributed by atoms with Crippen molar-refractivity contribution in [1.29, 1.82) is 0 Å². The number of carbonyl (C=O) groups excluding carboxylic acids is 2. The van der Waals surface area contributed by atoms with Gasteiger partial charge in [0.25, 0.3) is 0 Å². The highest BCUT2D eigenvalue weighted by atomic mass is 16.2. The van der Waals surface area contributed by atoms with Gasteiger partial charge in [-0.25, -0.2) is 0 Å². The van der Waals surface area contributed by atoms with Crippen LogP contribution in [0.15, 0.2) is 18.2 Å². The molecular weight excluding hydrogens is 326 g/mol. The molecule has 26 heavy (non-hydrogen) atoms. The lowest BCUT2D eigenvalue weighted by Gasteiger charge is -2.36. The molecule has 1 saturated carbocycles. The molecular formula is C21H31N3O2. The van der Waals surface area contributed by atoms with Crippen molar-refractivity contribution in [3.8, 4) is 0 Å². The topological polar surface area (TPSA) is 61.4 Å². The number of hydrogen-bond acceptors (Lipinski definition) is 3. The van der Waals surface area contributed by atoms with Crippen LogP contribution in [0.1, 0.15) is 49.7 Å². The Kier molecular flexibility index (Phi) is 6.30. The molecule has 1 aliphatic heterocycles. The van der Waals surface area contributed by atoms with E-state index in [2.05, 4.69) is 15.5 Å². The van der Waals surface area contributed by atoms with Gasteiger partial charge in [0, 0.05) is 18.3 Å². The maximum Gasteiger partial charge on any atom is 0.313 e. The first-order valence-electron chi connectivity index (χ1n) is 9.93. The molecule has 0 radical (unpaired) electrons. The van der Waals surface area contributed by atoms with Crippen LogP contribution in [0.4, 0.5) is 5.69 Å². The average molecular weight is 357 g/mol. The molecule has 1 aromatic rings. The van der Waals surface area contributed by atoms with Gasteiger partial charge < -0.3 is 15.5 Å². The third-order valence-corrected chi connectivity index (χ3v) is 6.01. The molecule has 1 saturated heterocycles. The number of aryl methyl sites for hydroxylation is 2. The highest BCUT2D eigenvalue weighted by Gasteiger charge is 2.27. The van der Waals surface area contributed by atoms with Gasteiger partial charge in [-0.3, -0.25) is 9.59 Å². The van der Waals surface area contributed by atoms with Gasteiger partial charge >= 0.3 is 11.8 Å². The molecule has 0 aromatic heterocycles. The minimum Gasteiger partial charge on any atom is -0.348 e. The fraction of sp³-hybridized carbons (Fsp3) is 0.619. The second-order valence-corrected chi connectivity index (χ2v) is 7.88. The largest absolute Gasteiger partial charge is 0.348 e. The summed E-state index contributed by atoms with van der Waals surface area (Å²) < 4.78 is 0. The summed E-state index contributed by atoms with van der Waals surface area (Å²) in [6, 6.07) is 6.45. The molecule has 142 valence electrons. The van der Waals surface area contributed by atoms with E-state index < -0.39 is 11.8 Å². The van der Waals surface area contributed by atoms with Gasteiger partial charge in [-0.1, -0.05) is 18.9 Å². The zero-order chi connectivity index (χ0) is 18.5. The summed E-state index contributed by atoms with van der Waals surface area (Å²) in [5.41, 5.74) is 2.92. The number of benzene rings is 1. The fourth-order valence-corrected chi connectivity index (χ4v) is 4.12. The molecule has 2 N–H and O–H groups in total. The second kappa shape index (κ2) is 8.67. The Hall–Kier alpha value is -1.88. The van der Waals surface area contributed by atoms with Crippen molar-refractivity contribution >= 4 is 17.5 Å². The van der Waals surface area contributed by atoms with Gasteiger partial charge in [-0.2, -0.15) is 0 Å². The number of anilines is 1. The minimum atomic E-state index is -0.586. The number of nitrogens with one attached hydrogen (secondary N) is 2. The fourth-order valence-electron chi connectivity index (χ4n) is 4.12. The molecule has 0 spiro atoms. The van der Waals surface area contributed by atoms with Crippen molar-refractivity contribution in [2.75, 3.05) is 25.0 Å². The van der Waals surface area contributed by atoms with Gasteiger partial charge in [0.2, 0.25) is 0 Å².